The van der Waals surface area contributed by atoms with Crippen LogP contribution in [0.1, 0.15) is 61.4 Å². The molecule has 1 heterocycles. The summed E-state index contributed by atoms with van der Waals surface area (Å²) in [7, 11) is -3.95. The van der Waals surface area contributed by atoms with Crippen LogP contribution in [0.2, 0.25) is 10.0 Å². The Labute approximate surface area is 227 Å². The van der Waals surface area contributed by atoms with Gasteiger partial charge in [0.15, 0.2) is 0 Å². The number of carbonyl (C=O) groups is 3. The van der Waals surface area contributed by atoms with Crippen LogP contribution in [0.3, 0.4) is 0 Å². The van der Waals surface area contributed by atoms with E-state index in [1.54, 1.807) is 37.3 Å². The summed E-state index contributed by atoms with van der Waals surface area (Å²) in [5, 5.41) is 3.76. The van der Waals surface area contributed by atoms with Gasteiger partial charge in [0, 0.05) is 25.6 Å². The van der Waals surface area contributed by atoms with Crippen molar-refractivity contribution in [3.8, 4) is 0 Å². The number of rotatable bonds is 9. The first-order chi connectivity index (χ1) is 17.6. The number of hydrogen-bond acceptors (Lipinski definition) is 5. The van der Waals surface area contributed by atoms with Gasteiger partial charge in [-0.3, -0.25) is 14.4 Å². The molecule has 1 fully saturated rings. The van der Waals surface area contributed by atoms with Crippen molar-refractivity contribution >= 4 is 50.9 Å². The van der Waals surface area contributed by atoms with E-state index in [1.165, 1.54) is 17.0 Å². The highest BCUT2D eigenvalue weighted by Crippen LogP contribution is 2.30. The molecule has 0 radical (unpaired) electrons. The van der Waals surface area contributed by atoms with Gasteiger partial charge in [-0.25, -0.2) is 12.7 Å². The van der Waals surface area contributed by atoms with Crippen LogP contribution in [0.5, 0.6) is 0 Å². The number of sulfonamides is 1. The Bertz CT molecular complexity index is 1310. The third-order valence-corrected chi connectivity index (χ3v) is 9.45. The lowest BCUT2D eigenvalue weighted by Crippen LogP contribution is -2.49. The van der Waals surface area contributed by atoms with Gasteiger partial charge in [-0.05, 0) is 56.0 Å². The Hall–Kier alpha value is -2.62. The molecule has 1 atom stereocenters. The van der Waals surface area contributed by atoms with Gasteiger partial charge in [0.25, 0.3) is 15.9 Å². The molecule has 0 saturated heterocycles. The van der Waals surface area contributed by atoms with E-state index in [4.69, 9.17) is 23.2 Å². The minimum atomic E-state index is -3.95. The fourth-order valence-electron chi connectivity index (χ4n) is 4.78. The van der Waals surface area contributed by atoms with Gasteiger partial charge in [-0.15, -0.1) is 0 Å². The van der Waals surface area contributed by atoms with E-state index in [-0.39, 0.29) is 54.2 Å². The van der Waals surface area contributed by atoms with Gasteiger partial charge in [0.1, 0.15) is 10.9 Å². The Balaban J connectivity index is 1.45. The van der Waals surface area contributed by atoms with Crippen molar-refractivity contribution < 1.29 is 22.8 Å². The van der Waals surface area contributed by atoms with E-state index in [0.717, 1.165) is 30.0 Å². The van der Waals surface area contributed by atoms with E-state index in [0.29, 0.717) is 15.6 Å². The Morgan fingerprint density at radius 3 is 2.49 bits per heavy atom. The van der Waals surface area contributed by atoms with Gasteiger partial charge < -0.3 is 10.2 Å². The summed E-state index contributed by atoms with van der Waals surface area (Å²) in [6.07, 6.45) is 4.03. The second-order valence-electron chi connectivity index (χ2n) is 9.42. The zero-order chi connectivity index (χ0) is 26.7. The molecule has 4 rings (SSSR count). The maximum atomic E-state index is 13.4. The van der Waals surface area contributed by atoms with E-state index >= 15 is 0 Å². The Morgan fingerprint density at radius 1 is 1.11 bits per heavy atom. The topological polar surface area (TPSA) is 104 Å². The van der Waals surface area contributed by atoms with Crippen molar-refractivity contribution in [1.29, 1.82) is 0 Å². The molecule has 11 heteroatoms. The second kappa shape index (κ2) is 11.4. The summed E-state index contributed by atoms with van der Waals surface area (Å²) >= 11 is 12.2. The van der Waals surface area contributed by atoms with Crippen molar-refractivity contribution in [1.82, 2.24) is 14.5 Å². The van der Waals surface area contributed by atoms with Crippen LogP contribution in [0.25, 0.3) is 0 Å². The minimum Gasteiger partial charge on any atom is -0.352 e. The van der Waals surface area contributed by atoms with Crippen LogP contribution in [0.15, 0.2) is 47.4 Å². The van der Waals surface area contributed by atoms with Gasteiger partial charge in [-0.2, -0.15) is 0 Å². The number of hydrogen-bond donors (Lipinski definition) is 1. The van der Waals surface area contributed by atoms with E-state index in [1.807, 2.05) is 0 Å². The van der Waals surface area contributed by atoms with Crippen LogP contribution in [-0.2, 0) is 26.2 Å². The third kappa shape index (κ3) is 5.94. The number of nitrogens with one attached hydrogen (secondary N) is 1. The third-order valence-electron chi connectivity index (χ3n) is 6.87. The fraction of sp³-hybridized carbons (Fsp3) is 0.423. The SMILES string of the molecule is C[C@H](C(=O)NC1CCCC1)N(Cc1ccc(Cl)c(Cl)c1)C(=O)CCCN1C(=O)c2ccccc2S1(=O)=O. The minimum absolute atomic E-state index is 0.0234. The van der Waals surface area contributed by atoms with Gasteiger partial charge in [0.2, 0.25) is 11.8 Å². The van der Waals surface area contributed by atoms with Crippen molar-refractivity contribution in [2.24, 2.45) is 0 Å². The summed E-state index contributed by atoms with van der Waals surface area (Å²) < 4.78 is 26.4. The predicted octanol–water partition coefficient (Wildman–Crippen LogP) is 4.39. The number of benzene rings is 2. The molecule has 0 aromatic heterocycles. The molecule has 1 aliphatic heterocycles. The molecule has 0 unspecified atom stereocenters. The van der Waals surface area contributed by atoms with Crippen molar-refractivity contribution in [2.75, 3.05) is 6.54 Å². The first-order valence-corrected chi connectivity index (χ1v) is 14.5. The quantitative estimate of drug-likeness (QED) is 0.485. The largest absolute Gasteiger partial charge is 0.352 e. The lowest BCUT2D eigenvalue weighted by atomic mass is 10.1. The molecule has 8 nitrogen and oxygen atoms in total. The number of nitrogens with zero attached hydrogens (tertiary/aromatic N) is 2. The Morgan fingerprint density at radius 2 is 1.81 bits per heavy atom. The number of halogens is 2. The van der Waals surface area contributed by atoms with E-state index in [9.17, 15) is 22.8 Å². The molecule has 2 aromatic rings. The smallest absolute Gasteiger partial charge is 0.269 e. The van der Waals surface area contributed by atoms with Crippen LogP contribution < -0.4 is 5.32 Å². The lowest BCUT2D eigenvalue weighted by molar-refractivity contribution is -0.141. The highest BCUT2D eigenvalue weighted by atomic mass is 35.5. The van der Waals surface area contributed by atoms with Crippen LogP contribution >= 0.6 is 23.2 Å². The van der Waals surface area contributed by atoms with Crippen molar-refractivity contribution in [3.05, 3.63) is 63.6 Å². The molecule has 0 spiro atoms. The molecule has 3 amide bonds. The maximum absolute atomic E-state index is 13.4. The maximum Gasteiger partial charge on any atom is 0.269 e. The highest BCUT2D eigenvalue weighted by molar-refractivity contribution is 7.90. The van der Waals surface area contributed by atoms with Gasteiger partial charge in [-0.1, -0.05) is 54.2 Å². The van der Waals surface area contributed by atoms with Crippen molar-refractivity contribution in [3.63, 3.8) is 0 Å². The predicted molar refractivity (Wildman–Crippen MR) is 141 cm³/mol. The average Bonchev–Trinajstić information content (AvgIpc) is 3.45. The second-order valence-corrected chi connectivity index (χ2v) is 12.1. The van der Waals surface area contributed by atoms with Gasteiger partial charge >= 0.3 is 0 Å². The number of carbonyl (C=O) groups excluding carboxylic acids is 3. The molecule has 1 aliphatic carbocycles. The molecule has 37 heavy (non-hydrogen) atoms. The lowest BCUT2D eigenvalue weighted by Gasteiger charge is -2.30. The fourth-order valence-corrected chi connectivity index (χ4v) is 6.71. The molecular weight excluding hydrogens is 537 g/mol. The zero-order valence-electron chi connectivity index (χ0n) is 20.5. The molecule has 198 valence electrons. The molecule has 1 N–H and O–H groups in total. The summed E-state index contributed by atoms with van der Waals surface area (Å²) in [6.45, 7) is 1.66. The molecule has 0 bridgehead atoms. The van der Waals surface area contributed by atoms with E-state index in [2.05, 4.69) is 5.32 Å². The molecule has 1 saturated carbocycles. The molecule has 2 aromatic carbocycles. The number of amides is 3. The summed E-state index contributed by atoms with van der Waals surface area (Å²) in [5.41, 5.74) is 0.836. The standard InChI is InChI=1S/C26H29Cl2N3O5S/c1-17(25(33)29-19-7-2-3-8-19)30(16-18-12-13-21(27)22(28)15-18)24(32)11-6-14-31-26(34)20-9-4-5-10-23(20)37(31,35)36/h4-5,9-10,12-13,15,17,19H,2-3,6-8,11,14,16H2,1H3,(H,29,33)/t17-/m1/s1. The zero-order valence-corrected chi connectivity index (χ0v) is 22.8. The average molecular weight is 567 g/mol. The monoisotopic (exact) mass is 565 g/mol. The van der Waals surface area contributed by atoms with Crippen molar-refractivity contribution in [2.45, 2.75) is 69.0 Å². The summed E-state index contributed by atoms with van der Waals surface area (Å²) in [5.74, 6) is -1.17. The van der Waals surface area contributed by atoms with Crippen LogP contribution in [-0.4, -0.2) is 54.0 Å². The Kier molecular flexibility index (Phi) is 8.46. The number of fused-ring (bicyclic) bond motifs is 1. The first kappa shape index (κ1) is 27.4. The summed E-state index contributed by atoms with van der Waals surface area (Å²) in [4.78, 5) is 40.5. The van der Waals surface area contributed by atoms with Crippen LogP contribution in [0.4, 0.5) is 0 Å². The normalized spacial score (nSPS) is 17.5. The molecule has 2 aliphatic rings. The molecular formula is C26H29Cl2N3O5S. The summed E-state index contributed by atoms with van der Waals surface area (Å²) in [6, 6.07) is 10.4. The van der Waals surface area contributed by atoms with E-state index < -0.39 is 22.0 Å². The first-order valence-electron chi connectivity index (χ1n) is 12.3. The highest BCUT2D eigenvalue weighted by Gasteiger charge is 2.40. The van der Waals surface area contributed by atoms with Gasteiger partial charge in [0.05, 0.1) is 15.6 Å². The van der Waals surface area contributed by atoms with Crippen LogP contribution in [0, 0.1) is 0 Å².